The molecule has 1 aromatic carbocycles. The largest absolute Gasteiger partial charge is 0.378 e. The maximum atomic E-state index is 11.0. The summed E-state index contributed by atoms with van der Waals surface area (Å²) in [5.74, 6) is 6.61. The van der Waals surface area contributed by atoms with Crippen molar-refractivity contribution >= 4 is 11.3 Å². The van der Waals surface area contributed by atoms with E-state index in [0.29, 0.717) is 5.92 Å². The minimum absolute atomic E-state index is 0.215. The number of aryl methyl sites for hydroxylation is 1. The zero-order valence-electron chi connectivity index (χ0n) is 16.4. The van der Waals surface area contributed by atoms with E-state index in [2.05, 4.69) is 41.9 Å². The number of hydrogen-bond donors (Lipinski definition) is 1. The molecular weight excluding hydrogens is 350 g/mol. The highest BCUT2D eigenvalue weighted by molar-refractivity contribution is 7.13. The van der Waals surface area contributed by atoms with E-state index < -0.39 is 5.60 Å². The van der Waals surface area contributed by atoms with Crippen LogP contribution in [0, 0.1) is 17.8 Å². The summed E-state index contributed by atoms with van der Waals surface area (Å²) in [5.41, 5.74) is 3.72. The number of unbranched alkanes of at least 4 members (excludes halogenated alkanes) is 1. The third kappa shape index (κ3) is 3.35. The normalized spacial score (nSPS) is 29.4. The van der Waals surface area contributed by atoms with Gasteiger partial charge in [0.15, 0.2) is 0 Å². The Balaban J connectivity index is 1.73. The average Bonchev–Trinajstić information content (AvgIpc) is 3.21. The summed E-state index contributed by atoms with van der Waals surface area (Å²) in [5, 5.41) is 14.1. The molecular formula is C24H29NOS. The quantitative estimate of drug-likeness (QED) is 0.687. The molecule has 4 rings (SSSR count). The molecule has 1 aromatic heterocycles. The molecule has 0 radical (unpaired) electrons. The maximum Gasteiger partial charge on any atom is 0.125 e. The van der Waals surface area contributed by atoms with Crippen LogP contribution < -0.4 is 0 Å². The highest BCUT2D eigenvalue weighted by Crippen LogP contribution is 2.55. The van der Waals surface area contributed by atoms with Crippen molar-refractivity contribution in [2.45, 2.75) is 76.2 Å². The molecule has 0 spiro atoms. The molecule has 1 saturated carbocycles. The first-order valence-electron chi connectivity index (χ1n) is 10.3. The Morgan fingerprint density at radius 3 is 2.96 bits per heavy atom. The zero-order chi connectivity index (χ0) is 18.9. The first kappa shape index (κ1) is 18.7. The van der Waals surface area contributed by atoms with Gasteiger partial charge in [-0.05, 0) is 74.0 Å². The Hall–Kier alpha value is -1.63. The molecule has 2 aliphatic rings. The van der Waals surface area contributed by atoms with Gasteiger partial charge in [0.05, 0.1) is 0 Å². The molecule has 3 heteroatoms. The molecule has 1 fully saturated rings. The molecule has 2 aromatic rings. The van der Waals surface area contributed by atoms with E-state index in [1.807, 2.05) is 18.5 Å². The Kier molecular flexibility index (Phi) is 5.14. The van der Waals surface area contributed by atoms with E-state index >= 15 is 0 Å². The van der Waals surface area contributed by atoms with Crippen LogP contribution in [0.5, 0.6) is 0 Å². The zero-order valence-corrected chi connectivity index (χ0v) is 17.2. The van der Waals surface area contributed by atoms with Crippen molar-refractivity contribution in [2.24, 2.45) is 5.92 Å². The number of nitrogens with zero attached hydrogens (tertiary/aromatic N) is 1. The van der Waals surface area contributed by atoms with Crippen LogP contribution >= 0.6 is 11.3 Å². The van der Waals surface area contributed by atoms with Gasteiger partial charge in [-0.1, -0.05) is 37.8 Å². The second-order valence-electron chi connectivity index (χ2n) is 8.32. The van der Waals surface area contributed by atoms with E-state index in [1.54, 1.807) is 16.9 Å². The number of rotatable bonds is 4. The van der Waals surface area contributed by atoms with Crippen LogP contribution in [-0.2, 0) is 11.8 Å². The monoisotopic (exact) mass is 379 g/mol. The van der Waals surface area contributed by atoms with Crippen LogP contribution in [0.25, 0.3) is 10.6 Å². The lowest BCUT2D eigenvalue weighted by Crippen LogP contribution is -2.49. The van der Waals surface area contributed by atoms with Gasteiger partial charge in [-0.2, -0.15) is 0 Å². The van der Waals surface area contributed by atoms with E-state index in [-0.39, 0.29) is 5.41 Å². The number of hydrogen-bond acceptors (Lipinski definition) is 3. The number of aromatic nitrogens is 1. The van der Waals surface area contributed by atoms with E-state index in [1.165, 1.54) is 30.4 Å². The highest BCUT2D eigenvalue weighted by Gasteiger charge is 2.50. The summed E-state index contributed by atoms with van der Waals surface area (Å²) in [4.78, 5) is 4.49. The van der Waals surface area contributed by atoms with Gasteiger partial charge < -0.3 is 5.11 Å². The van der Waals surface area contributed by atoms with E-state index in [4.69, 9.17) is 0 Å². The van der Waals surface area contributed by atoms with Crippen LogP contribution in [0.3, 0.4) is 0 Å². The lowest BCUT2D eigenvalue weighted by atomic mass is 9.53. The lowest BCUT2D eigenvalue weighted by Gasteiger charge is -2.52. The van der Waals surface area contributed by atoms with Crippen molar-refractivity contribution < 1.29 is 5.11 Å². The summed E-state index contributed by atoms with van der Waals surface area (Å²) < 4.78 is 0. The van der Waals surface area contributed by atoms with Gasteiger partial charge in [-0.15, -0.1) is 17.3 Å². The summed E-state index contributed by atoms with van der Waals surface area (Å²) in [6.07, 6.45) is 10.5. The minimum Gasteiger partial charge on any atom is -0.378 e. The SMILES string of the molecule is CC#C[C@@]1(O)CC[C@@]2(CCCC)c3ccc(-c4nccs4)cc3CC[C@@H]2C1. The molecule has 142 valence electrons. The lowest BCUT2D eigenvalue weighted by molar-refractivity contribution is -0.0113. The predicted octanol–water partition coefficient (Wildman–Crippen LogP) is 5.74. The molecule has 27 heavy (non-hydrogen) atoms. The number of benzene rings is 1. The summed E-state index contributed by atoms with van der Waals surface area (Å²) >= 11 is 1.71. The molecule has 0 bridgehead atoms. The second-order valence-corrected chi connectivity index (χ2v) is 9.21. The Bertz CT molecular complexity index is 862. The van der Waals surface area contributed by atoms with E-state index in [9.17, 15) is 5.11 Å². The molecule has 2 aliphatic carbocycles. The van der Waals surface area contributed by atoms with Gasteiger partial charge in [0.1, 0.15) is 10.6 Å². The molecule has 0 amide bonds. The first-order valence-corrected chi connectivity index (χ1v) is 11.2. The van der Waals surface area contributed by atoms with Gasteiger partial charge in [0.25, 0.3) is 0 Å². The van der Waals surface area contributed by atoms with Crippen LogP contribution in [0.4, 0.5) is 0 Å². The van der Waals surface area contributed by atoms with E-state index in [0.717, 1.165) is 37.1 Å². The first-order chi connectivity index (χ1) is 13.1. The fourth-order valence-electron chi connectivity index (χ4n) is 5.49. The van der Waals surface area contributed by atoms with Crippen molar-refractivity contribution in [3.63, 3.8) is 0 Å². The number of thiazole rings is 1. The van der Waals surface area contributed by atoms with Crippen molar-refractivity contribution in [2.75, 3.05) is 0 Å². The van der Waals surface area contributed by atoms with Crippen LogP contribution in [-0.4, -0.2) is 15.7 Å². The summed E-state index contributed by atoms with van der Waals surface area (Å²) in [6, 6.07) is 7.02. The van der Waals surface area contributed by atoms with Crippen molar-refractivity contribution in [1.82, 2.24) is 4.98 Å². The van der Waals surface area contributed by atoms with Gasteiger partial charge >= 0.3 is 0 Å². The topological polar surface area (TPSA) is 33.1 Å². The van der Waals surface area contributed by atoms with Crippen LogP contribution in [0.2, 0.25) is 0 Å². The van der Waals surface area contributed by atoms with Crippen LogP contribution in [0.1, 0.15) is 69.9 Å². The van der Waals surface area contributed by atoms with Gasteiger partial charge in [-0.25, -0.2) is 4.98 Å². The third-order valence-corrected chi connectivity index (χ3v) is 7.59. The van der Waals surface area contributed by atoms with Crippen LogP contribution in [0.15, 0.2) is 29.8 Å². The summed E-state index contributed by atoms with van der Waals surface area (Å²) in [6.45, 7) is 4.12. The maximum absolute atomic E-state index is 11.0. The Morgan fingerprint density at radius 2 is 2.22 bits per heavy atom. The molecule has 3 atom stereocenters. The van der Waals surface area contributed by atoms with Gasteiger partial charge in [0, 0.05) is 17.1 Å². The smallest absolute Gasteiger partial charge is 0.125 e. The fraction of sp³-hybridized carbons (Fsp3) is 0.542. The summed E-state index contributed by atoms with van der Waals surface area (Å²) in [7, 11) is 0. The molecule has 2 nitrogen and oxygen atoms in total. The second kappa shape index (κ2) is 7.41. The Labute approximate surface area is 167 Å². The van der Waals surface area contributed by atoms with Gasteiger partial charge in [-0.3, -0.25) is 0 Å². The Morgan fingerprint density at radius 1 is 1.33 bits per heavy atom. The molecule has 0 aliphatic heterocycles. The minimum atomic E-state index is -0.784. The molecule has 1 heterocycles. The molecule has 0 saturated heterocycles. The third-order valence-electron chi connectivity index (χ3n) is 6.77. The standard InChI is InChI=1S/C24H29NOS/c1-3-5-11-24-13-12-23(26,10-4-2)17-20(24)8-6-18-16-19(7-9-21(18)24)22-25-14-15-27-22/h7,9,14-16,20,26H,3,5-6,8,11-13,17H2,1-2H3/t20-,23-,24-/m1/s1. The number of fused-ring (bicyclic) bond motifs is 3. The molecule has 1 N–H and O–H groups in total. The average molecular weight is 380 g/mol. The number of aliphatic hydroxyl groups is 1. The van der Waals surface area contributed by atoms with Crippen molar-refractivity contribution in [1.29, 1.82) is 0 Å². The van der Waals surface area contributed by atoms with Crippen molar-refractivity contribution in [3.05, 3.63) is 40.9 Å². The molecule has 0 unspecified atom stereocenters. The fourth-order valence-corrected chi connectivity index (χ4v) is 6.12. The highest BCUT2D eigenvalue weighted by atomic mass is 32.1. The predicted molar refractivity (Wildman–Crippen MR) is 113 cm³/mol. The van der Waals surface area contributed by atoms with Gasteiger partial charge in [0.2, 0.25) is 0 Å². The van der Waals surface area contributed by atoms with Crippen molar-refractivity contribution in [3.8, 4) is 22.4 Å².